The van der Waals surface area contributed by atoms with Crippen LogP contribution in [0.4, 0.5) is 11.4 Å². The number of nitrogens with one attached hydrogen (secondary N) is 1. The normalized spacial score (nSPS) is 20.0. The monoisotopic (exact) mass is 480 g/mol. The van der Waals surface area contributed by atoms with Crippen LogP contribution in [0, 0.1) is 0 Å². The van der Waals surface area contributed by atoms with Gasteiger partial charge < -0.3 is 14.5 Å². The van der Waals surface area contributed by atoms with Crippen LogP contribution in [0.2, 0.25) is 10.0 Å². The van der Waals surface area contributed by atoms with Crippen molar-refractivity contribution in [1.82, 2.24) is 5.43 Å². The molecule has 1 fully saturated rings. The maximum absolute atomic E-state index is 12.1. The number of fused-ring (bicyclic) bond motifs is 3. The molecule has 0 saturated carbocycles. The molecular formula is C22H23Cl3N4O2. The molecule has 0 spiro atoms. The minimum absolute atomic E-state index is 0. The molecule has 0 unspecified atom stereocenters. The quantitative estimate of drug-likeness (QED) is 0.648. The molecule has 5 rings (SSSR count). The third-order valence-electron chi connectivity index (χ3n) is 5.97. The highest BCUT2D eigenvalue weighted by molar-refractivity contribution is 6.44. The molecule has 1 amide bonds. The molecular weight excluding hydrogens is 459 g/mol. The third-order valence-corrected chi connectivity index (χ3v) is 6.78. The average Bonchev–Trinajstić information content (AvgIpc) is 2.78. The fourth-order valence-corrected chi connectivity index (χ4v) is 4.82. The van der Waals surface area contributed by atoms with Gasteiger partial charge in [0.1, 0.15) is 18.4 Å². The predicted molar refractivity (Wildman–Crippen MR) is 128 cm³/mol. The summed E-state index contributed by atoms with van der Waals surface area (Å²) in [4.78, 5) is 16.4. The van der Waals surface area contributed by atoms with E-state index in [1.807, 2.05) is 36.1 Å². The highest BCUT2D eigenvalue weighted by Gasteiger charge is 2.35. The van der Waals surface area contributed by atoms with Gasteiger partial charge in [-0.1, -0.05) is 29.3 Å². The van der Waals surface area contributed by atoms with Crippen molar-refractivity contribution >= 4 is 58.7 Å². The lowest BCUT2D eigenvalue weighted by Crippen LogP contribution is -2.55. The second kappa shape index (κ2) is 8.77. The summed E-state index contributed by atoms with van der Waals surface area (Å²) < 4.78 is 5.98. The van der Waals surface area contributed by atoms with Crippen molar-refractivity contribution in [3.05, 3.63) is 40.4 Å². The number of carbonyl (C=O) groups excluding carboxylic acids is 1. The number of hydrogen-bond acceptors (Lipinski definition) is 5. The Hall–Kier alpha value is -2.15. The number of anilines is 2. The van der Waals surface area contributed by atoms with Crippen molar-refractivity contribution in [2.45, 2.75) is 32.2 Å². The van der Waals surface area contributed by atoms with Gasteiger partial charge >= 0.3 is 0 Å². The molecule has 0 aliphatic carbocycles. The number of ether oxygens (including phenoxy) is 1. The Morgan fingerprint density at radius 2 is 1.84 bits per heavy atom. The molecule has 6 nitrogen and oxygen atoms in total. The molecule has 0 bridgehead atoms. The molecule has 9 heteroatoms. The van der Waals surface area contributed by atoms with E-state index in [9.17, 15) is 4.79 Å². The fraction of sp³-hybridized carbons (Fsp3) is 0.364. The number of amidine groups is 1. The van der Waals surface area contributed by atoms with E-state index in [0.29, 0.717) is 28.2 Å². The molecule has 2 aromatic carbocycles. The van der Waals surface area contributed by atoms with Crippen LogP contribution in [0.3, 0.4) is 0 Å². The molecule has 3 aliphatic heterocycles. The van der Waals surface area contributed by atoms with Crippen molar-refractivity contribution < 1.29 is 9.53 Å². The van der Waals surface area contributed by atoms with Crippen LogP contribution in [-0.4, -0.2) is 37.5 Å². The smallest absolute Gasteiger partial charge is 0.262 e. The van der Waals surface area contributed by atoms with Gasteiger partial charge in [0.15, 0.2) is 5.84 Å². The summed E-state index contributed by atoms with van der Waals surface area (Å²) in [7, 11) is 0. The molecule has 1 atom stereocenters. The van der Waals surface area contributed by atoms with Crippen LogP contribution in [0.5, 0.6) is 5.75 Å². The standard InChI is InChI=1S/C22H22Cl2N4O2.ClH/c1-13-22(29)26-25-19-12-30-18-11-14(5-7-16(18)28(13)19)20-17(8-6-15(23)21(20)24)27-9-3-2-4-10-27;/h5-8,11,13H,2-4,9-10,12H2,1H3,(H,26,29);1H/t13-;/m1./s1. The topological polar surface area (TPSA) is 57.2 Å². The van der Waals surface area contributed by atoms with E-state index in [1.54, 1.807) is 0 Å². The average molecular weight is 482 g/mol. The van der Waals surface area contributed by atoms with Gasteiger partial charge in [-0.2, -0.15) is 5.10 Å². The van der Waals surface area contributed by atoms with Gasteiger partial charge in [0.2, 0.25) is 0 Å². The van der Waals surface area contributed by atoms with Crippen LogP contribution in [0.25, 0.3) is 11.1 Å². The zero-order valence-electron chi connectivity index (χ0n) is 17.0. The first kappa shape index (κ1) is 22.1. The van der Waals surface area contributed by atoms with Crippen LogP contribution in [0.15, 0.2) is 35.4 Å². The summed E-state index contributed by atoms with van der Waals surface area (Å²) in [6.07, 6.45) is 3.60. The number of rotatable bonds is 2. The summed E-state index contributed by atoms with van der Waals surface area (Å²) in [5.74, 6) is 1.26. The zero-order chi connectivity index (χ0) is 20.8. The molecule has 2 aromatic rings. The second-order valence-electron chi connectivity index (χ2n) is 7.82. The molecule has 3 aliphatic rings. The van der Waals surface area contributed by atoms with Crippen molar-refractivity contribution in [3.8, 4) is 16.9 Å². The van der Waals surface area contributed by atoms with Gasteiger partial charge in [-0.05, 0) is 56.0 Å². The first-order valence-corrected chi connectivity index (χ1v) is 11.0. The number of carbonyl (C=O) groups is 1. The Balaban J connectivity index is 0.00000231. The Kier molecular flexibility index (Phi) is 6.24. The van der Waals surface area contributed by atoms with Crippen molar-refractivity contribution in [2.75, 3.05) is 29.5 Å². The van der Waals surface area contributed by atoms with Gasteiger partial charge in [-0.15, -0.1) is 12.4 Å². The highest BCUT2D eigenvalue weighted by Crippen LogP contribution is 2.45. The molecule has 0 aromatic heterocycles. The van der Waals surface area contributed by atoms with E-state index < -0.39 is 0 Å². The van der Waals surface area contributed by atoms with E-state index in [2.05, 4.69) is 21.5 Å². The summed E-state index contributed by atoms with van der Waals surface area (Å²) in [6, 6.07) is 9.52. The van der Waals surface area contributed by atoms with Gasteiger partial charge in [0.05, 0.1) is 15.7 Å². The zero-order valence-corrected chi connectivity index (χ0v) is 19.4. The van der Waals surface area contributed by atoms with Crippen LogP contribution in [0.1, 0.15) is 26.2 Å². The number of amides is 1. The number of nitrogens with zero attached hydrogens (tertiary/aromatic N) is 3. The van der Waals surface area contributed by atoms with E-state index in [0.717, 1.165) is 35.6 Å². The highest BCUT2D eigenvalue weighted by atomic mass is 35.5. The minimum Gasteiger partial charge on any atom is -0.483 e. The maximum atomic E-state index is 12.1. The van der Waals surface area contributed by atoms with Gasteiger partial charge in [0, 0.05) is 24.3 Å². The number of hydrazone groups is 1. The number of halogens is 3. The van der Waals surface area contributed by atoms with Crippen molar-refractivity contribution in [2.24, 2.45) is 5.10 Å². The third kappa shape index (κ3) is 3.81. The van der Waals surface area contributed by atoms with Crippen LogP contribution < -0.4 is 20.0 Å². The Morgan fingerprint density at radius 3 is 2.61 bits per heavy atom. The fourth-order valence-electron chi connectivity index (χ4n) is 4.40. The largest absolute Gasteiger partial charge is 0.483 e. The molecule has 3 heterocycles. The van der Waals surface area contributed by atoms with E-state index >= 15 is 0 Å². The summed E-state index contributed by atoms with van der Waals surface area (Å²) in [6.45, 7) is 4.16. The van der Waals surface area contributed by atoms with Crippen molar-refractivity contribution in [1.29, 1.82) is 0 Å². The van der Waals surface area contributed by atoms with E-state index in [4.69, 9.17) is 27.9 Å². The maximum Gasteiger partial charge on any atom is 0.262 e. The predicted octanol–water partition coefficient (Wildman–Crippen LogP) is 5.10. The van der Waals surface area contributed by atoms with Gasteiger partial charge in [-0.25, -0.2) is 5.43 Å². The minimum atomic E-state index is -0.357. The second-order valence-corrected chi connectivity index (χ2v) is 8.61. The lowest BCUT2D eigenvalue weighted by molar-refractivity contribution is -0.122. The summed E-state index contributed by atoms with van der Waals surface area (Å²) in [5, 5.41) is 5.21. The lowest BCUT2D eigenvalue weighted by Gasteiger charge is -2.38. The van der Waals surface area contributed by atoms with Gasteiger partial charge in [-0.3, -0.25) is 4.79 Å². The molecule has 0 radical (unpaired) electrons. The number of hydrogen-bond donors (Lipinski definition) is 1. The number of piperidine rings is 1. The first-order valence-electron chi connectivity index (χ1n) is 10.2. The number of benzene rings is 2. The molecule has 164 valence electrons. The van der Waals surface area contributed by atoms with E-state index in [-0.39, 0.29) is 24.4 Å². The van der Waals surface area contributed by atoms with Crippen molar-refractivity contribution in [3.63, 3.8) is 0 Å². The Labute approximate surface area is 197 Å². The van der Waals surface area contributed by atoms with Crippen LogP contribution in [-0.2, 0) is 4.79 Å². The Morgan fingerprint density at radius 1 is 1.10 bits per heavy atom. The summed E-state index contributed by atoms with van der Waals surface area (Å²) >= 11 is 13.1. The lowest BCUT2D eigenvalue weighted by atomic mass is 9.99. The Bertz CT molecular complexity index is 1050. The van der Waals surface area contributed by atoms with Gasteiger partial charge in [0.25, 0.3) is 5.91 Å². The molecule has 1 saturated heterocycles. The summed E-state index contributed by atoms with van der Waals surface area (Å²) in [5.41, 5.74) is 6.32. The molecule has 1 N–H and O–H groups in total. The van der Waals surface area contributed by atoms with E-state index in [1.165, 1.54) is 19.3 Å². The first-order chi connectivity index (χ1) is 14.5. The molecule has 31 heavy (non-hydrogen) atoms. The van der Waals surface area contributed by atoms with Crippen LogP contribution >= 0.6 is 35.6 Å². The SMILES string of the molecule is C[C@@H]1C(=O)NN=C2COc3cc(-c4c(N5CCCCC5)ccc(Cl)c4Cl)ccc3N21.Cl.